The van der Waals surface area contributed by atoms with Crippen LogP contribution < -0.4 is 4.90 Å². The number of aromatic nitrogens is 3. The number of carbonyl (C=O) groups excluding carboxylic acids is 1. The number of rotatable bonds is 3. The van der Waals surface area contributed by atoms with Crippen LogP contribution in [0, 0.1) is 5.92 Å². The monoisotopic (exact) mass is 408 g/mol. The molecule has 3 aliphatic rings. The maximum Gasteiger partial charge on any atom is 0.227 e. The van der Waals surface area contributed by atoms with Crippen molar-refractivity contribution in [3.05, 3.63) is 24.7 Å². The minimum atomic E-state index is 0.0860. The Hall–Kier alpha value is -2.28. The van der Waals surface area contributed by atoms with E-state index < -0.39 is 0 Å². The van der Waals surface area contributed by atoms with Crippen LogP contribution in [-0.2, 0) is 4.79 Å². The number of amides is 1. The molecule has 0 aromatic carbocycles. The van der Waals surface area contributed by atoms with E-state index >= 15 is 0 Å². The molecular weight excluding hydrogens is 376 g/mol. The van der Waals surface area contributed by atoms with Crippen molar-refractivity contribution < 1.29 is 4.79 Å². The molecule has 3 saturated heterocycles. The SMILES string of the molecule is O=C([C@@H]1CCCN(c2cnc3nccnc3c2)C1)N1CCC(N2CCCCC2)CC1. The Morgan fingerprint density at radius 2 is 1.67 bits per heavy atom. The lowest BCUT2D eigenvalue weighted by molar-refractivity contribution is -0.137. The van der Waals surface area contributed by atoms with Gasteiger partial charge >= 0.3 is 0 Å². The number of carbonyl (C=O) groups is 1. The lowest BCUT2D eigenvalue weighted by atomic mass is 9.94. The molecule has 0 saturated carbocycles. The van der Waals surface area contributed by atoms with Crippen molar-refractivity contribution in [1.29, 1.82) is 0 Å². The number of anilines is 1. The second-order valence-electron chi connectivity index (χ2n) is 9.03. The van der Waals surface area contributed by atoms with Crippen LogP contribution in [0.1, 0.15) is 44.9 Å². The van der Waals surface area contributed by atoms with Crippen LogP contribution >= 0.6 is 0 Å². The first kappa shape index (κ1) is 19.7. The Balaban J connectivity index is 1.20. The largest absolute Gasteiger partial charge is 0.369 e. The van der Waals surface area contributed by atoms with Crippen molar-refractivity contribution in [3.63, 3.8) is 0 Å². The first-order valence-electron chi connectivity index (χ1n) is 11.6. The molecule has 7 nitrogen and oxygen atoms in total. The molecule has 7 heteroatoms. The van der Waals surface area contributed by atoms with Gasteiger partial charge in [0.25, 0.3) is 0 Å². The molecule has 0 unspecified atom stereocenters. The minimum absolute atomic E-state index is 0.0860. The van der Waals surface area contributed by atoms with Gasteiger partial charge in [-0.3, -0.25) is 9.78 Å². The van der Waals surface area contributed by atoms with Gasteiger partial charge in [0.05, 0.1) is 17.8 Å². The highest BCUT2D eigenvalue weighted by atomic mass is 16.2. The third-order valence-electron chi connectivity index (χ3n) is 7.13. The topological polar surface area (TPSA) is 65.5 Å². The fourth-order valence-corrected chi connectivity index (χ4v) is 5.43. The molecule has 0 N–H and O–H groups in total. The Morgan fingerprint density at radius 1 is 0.867 bits per heavy atom. The standard InChI is InChI=1S/C23H32N6O/c30-23(28-13-6-19(7-14-28)27-10-2-1-3-11-27)18-5-4-12-29(17-18)20-15-21-22(26-16-20)25-9-8-24-21/h8-9,15-16,18-19H,1-7,10-14,17H2/t18-/m1/s1. The van der Waals surface area contributed by atoms with Gasteiger partial charge in [-0.25, -0.2) is 9.97 Å². The summed E-state index contributed by atoms with van der Waals surface area (Å²) in [6.07, 6.45) is 13.6. The Labute approximate surface area is 178 Å². The van der Waals surface area contributed by atoms with Crippen LogP contribution in [0.5, 0.6) is 0 Å². The summed E-state index contributed by atoms with van der Waals surface area (Å²) >= 11 is 0. The number of fused-ring (bicyclic) bond motifs is 1. The maximum absolute atomic E-state index is 13.3. The molecule has 3 aliphatic heterocycles. The number of hydrogen-bond acceptors (Lipinski definition) is 6. The zero-order valence-electron chi connectivity index (χ0n) is 17.7. The molecule has 0 radical (unpaired) electrons. The van der Waals surface area contributed by atoms with Crippen LogP contribution in [0.25, 0.3) is 11.2 Å². The molecule has 5 rings (SSSR count). The van der Waals surface area contributed by atoms with E-state index in [0.717, 1.165) is 63.1 Å². The molecule has 30 heavy (non-hydrogen) atoms. The van der Waals surface area contributed by atoms with Crippen molar-refractivity contribution in [3.8, 4) is 0 Å². The third kappa shape index (κ3) is 4.13. The van der Waals surface area contributed by atoms with E-state index in [1.54, 1.807) is 12.4 Å². The van der Waals surface area contributed by atoms with Gasteiger partial charge in [0.1, 0.15) is 5.52 Å². The molecule has 0 aliphatic carbocycles. The van der Waals surface area contributed by atoms with Crippen LogP contribution in [0.4, 0.5) is 5.69 Å². The van der Waals surface area contributed by atoms with Crippen LogP contribution in [0.3, 0.4) is 0 Å². The van der Waals surface area contributed by atoms with Crippen LogP contribution in [0.2, 0.25) is 0 Å². The molecule has 2 aromatic rings. The summed E-state index contributed by atoms with van der Waals surface area (Å²) < 4.78 is 0. The molecule has 0 bridgehead atoms. The minimum Gasteiger partial charge on any atom is -0.369 e. The summed E-state index contributed by atoms with van der Waals surface area (Å²) in [5.74, 6) is 0.438. The number of piperidine rings is 3. The Morgan fingerprint density at radius 3 is 2.50 bits per heavy atom. The first-order chi connectivity index (χ1) is 14.8. The highest BCUT2D eigenvalue weighted by Gasteiger charge is 2.33. The second-order valence-corrected chi connectivity index (χ2v) is 9.03. The van der Waals surface area contributed by atoms with E-state index in [-0.39, 0.29) is 5.92 Å². The Kier molecular flexibility index (Phi) is 5.79. The molecule has 0 spiro atoms. The van der Waals surface area contributed by atoms with Gasteiger partial charge in [0, 0.05) is 44.6 Å². The van der Waals surface area contributed by atoms with Crippen molar-refractivity contribution in [1.82, 2.24) is 24.8 Å². The van der Waals surface area contributed by atoms with Crippen LogP contribution in [0.15, 0.2) is 24.7 Å². The summed E-state index contributed by atoms with van der Waals surface area (Å²) in [4.78, 5) is 33.5. The van der Waals surface area contributed by atoms with E-state index in [1.807, 2.05) is 12.3 Å². The molecule has 5 heterocycles. The maximum atomic E-state index is 13.3. The first-order valence-corrected chi connectivity index (χ1v) is 11.6. The van der Waals surface area contributed by atoms with E-state index in [0.29, 0.717) is 17.6 Å². The van der Waals surface area contributed by atoms with E-state index in [2.05, 4.69) is 29.7 Å². The van der Waals surface area contributed by atoms with E-state index in [9.17, 15) is 4.79 Å². The highest BCUT2D eigenvalue weighted by molar-refractivity contribution is 5.80. The highest BCUT2D eigenvalue weighted by Crippen LogP contribution is 2.27. The predicted octanol–water partition coefficient (Wildman–Crippen LogP) is 2.72. The fraction of sp³-hybridized carbons (Fsp3) is 0.652. The zero-order chi connectivity index (χ0) is 20.3. The number of nitrogens with zero attached hydrogens (tertiary/aromatic N) is 6. The smallest absolute Gasteiger partial charge is 0.227 e. The van der Waals surface area contributed by atoms with E-state index in [4.69, 9.17) is 0 Å². The van der Waals surface area contributed by atoms with Gasteiger partial charge in [-0.1, -0.05) is 6.42 Å². The third-order valence-corrected chi connectivity index (χ3v) is 7.13. The van der Waals surface area contributed by atoms with Gasteiger partial charge < -0.3 is 14.7 Å². The lowest BCUT2D eigenvalue weighted by Gasteiger charge is -2.42. The molecule has 160 valence electrons. The summed E-state index contributed by atoms with van der Waals surface area (Å²) in [5, 5.41) is 0. The van der Waals surface area contributed by atoms with Gasteiger partial charge in [0.15, 0.2) is 5.65 Å². The summed E-state index contributed by atoms with van der Waals surface area (Å²) in [6.45, 7) is 6.08. The van der Waals surface area contributed by atoms with Gasteiger partial charge in [0.2, 0.25) is 5.91 Å². The predicted molar refractivity (Wildman–Crippen MR) is 117 cm³/mol. The summed E-state index contributed by atoms with van der Waals surface area (Å²) in [5.41, 5.74) is 2.52. The van der Waals surface area contributed by atoms with Gasteiger partial charge in [-0.2, -0.15) is 0 Å². The second kappa shape index (κ2) is 8.84. The fourth-order valence-electron chi connectivity index (χ4n) is 5.43. The quantitative estimate of drug-likeness (QED) is 0.778. The molecular formula is C23H32N6O. The zero-order valence-corrected chi connectivity index (χ0v) is 17.7. The molecule has 2 aromatic heterocycles. The Bertz CT molecular complexity index is 875. The van der Waals surface area contributed by atoms with Crippen molar-refractivity contribution in [2.24, 2.45) is 5.92 Å². The molecule has 1 amide bonds. The summed E-state index contributed by atoms with van der Waals surface area (Å²) in [6, 6.07) is 2.73. The number of hydrogen-bond donors (Lipinski definition) is 0. The number of pyridine rings is 1. The van der Waals surface area contributed by atoms with Crippen molar-refractivity contribution >= 4 is 22.8 Å². The van der Waals surface area contributed by atoms with Crippen molar-refractivity contribution in [2.75, 3.05) is 44.2 Å². The van der Waals surface area contributed by atoms with Gasteiger partial charge in [-0.05, 0) is 57.7 Å². The van der Waals surface area contributed by atoms with Crippen LogP contribution in [-0.4, -0.2) is 76.0 Å². The van der Waals surface area contributed by atoms with E-state index in [1.165, 1.54) is 32.4 Å². The average Bonchev–Trinajstić information content (AvgIpc) is 2.84. The molecule has 3 fully saturated rings. The lowest BCUT2D eigenvalue weighted by Crippen LogP contribution is -2.51. The summed E-state index contributed by atoms with van der Waals surface area (Å²) in [7, 11) is 0. The van der Waals surface area contributed by atoms with Gasteiger partial charge in [-0.15, -0.1) is 0 Å². The van der Waals surface area contributed by atoms with Crippen molar-refractivity contribution in [2.45, 2.75) is 51.0 Å². The molecule has 1 atom stereocenters. The average molecular weight is 409 g/mol. The normalized spacial score (nSPS) is 24.3. The number of likely N-dealkylation sites (tertiary alicyclic amines) is 2.